The fourth-order valence-corrected chi connectivity index (χ4v) is 20.3. The van der Waals surface area contributed by atoms with E-state index < -0.39 is 53.7 Å². The minimum atomic E-state index is -2.61. The van der Waals surface area contributed by atoms with Crippen LogP contribution in [-0.4, -0.2) is 51.6 Å². The third-order valence-corrected chi connectivity index (χ3v) is 25.1. The molecule has 0 radical (unpaired) electrons. The molecule has 1 aliphatic rings. The molecule has 9 nitrogen and oxygen atoms in total. The molecule has 6 aromatic heterocycles. The Balaban J connectivity index is 0.000000121. The summed E-state index contributed by atoms with van der Waals surface area (Å²) in [6.07, 6.45) is 1.03. The van der Waals surface area contributed by atoms with Crippen molar-refractivity contribution in [1.82, 2.24) is 34.5 Å². The van der Waals surface area contributed by atoms with Gasteiger partial charge in [-0.25, -0.2) is 29.9 Å². The van der Waals surface area contributed by atoms with E-state index in [1.165, 1.54) is 115 Å². The molecule has 0 unspecified atom stereocenters. The maximum atomic E-state index is 9.26. The van der Waals surface area contributed by atoms with Crippen molar-refractivity contribution in [2.24, 2.45) is 0 Å². The van der Waals surface area contributed by atoms with E-state index in [2.05, 4.69) is 194 Å². The first-order chi connectivity index (χ1) is 65.1. The second kappa shape index (κ2) is 31.2. The number of hydrogen-bond donors (Lipinski definition) is 2. The van der Waals surface area contributed by atoms with Gasteiger partial charge in [-0.2, -0.15) is 0 Å². The van der Waals surface area contributed by atoms with E-state index in [1.54, 1.807) is 62.4 Å². The summed E-state index contributed by atoms with van der Waals surface area (Å²) in [4.78, 5) is 26.8. The van der Waals surface area contributed by atoms with Crippen LogP contribution in [0.5, 0.6) is 0 Å². The molecule has 119 heavy (non-hydrogen) atoms. The number of halogens is 3. The van der Waals surface area contributed by atoms with Crippen molar-refractivity contribution in [2.45, 2.75) is 68.3 Å². The number of nitrogens with zero attached hydrogens (tertiary/aromatic N) is 7. The first-order valence-corrected chi connectivity index (χ1v) is 41.0. The number of hydrogen-bond acceptors (Lipinski definition) is 10. The van der Waals surface area contributed by atoms with Crippen molar-refractivity contribution >= 4 is 208 Å². The van der Waals surface area contributed by atoms with Gasteiger partial charge in [0.1, 0.15) is 5.15 Å². The van der Waals surface area contributed by atoms with Crippen molar-refractivity contribution in [2.75, 3.05) is 0 Å². The Morgan fingerprint density at radius 1 is 0.353 bits per heavy atom. The summed E-state index contributed by atoms with van der Waals surface area (Å²) < 4.78 is 148. The quantitative estimate of drug-likeness (QED) is 0.101. The van der Waals surface area contributed by atoms with E-state index in [0.717, 1.165) is 60.0 Å². The van der Waals surface area contributed by atoms with E-state index in [-0.39, 0.29) is 43.9 Å². The molecule has 0 aliphatic heterocycles. The van der Waals surface area contributed by atoms with Crippen LogP contribution >= 0.6 is 57.5 Å². The molecule has 0 atom stereocenters. The lowest BCUT2D eigenvalue weighted by atomic mass is 9.74. The maximum absolute atomic E-state index is 9.26. The Labute approximate surface area is 736 Å². The van der Waals surface area contributed by atoms with Gasteiger partial charge in [0.15, 0.2) is 0 Å². The molecule has 2 N–H and O–H groups in total. The molecule has 0 saturated carbocycles. The highest BCUT2D eigenvalue weighted by atomic mass is 35.5. The third kappa shape index (κ3) is 13.6. The van der Waals surface area contributed by atoms with Crippen molar-refractivity contribution in [3.63, 3.8) is 0 Å². The molecule has 23 rings (SSSR count). The van der Waals surface area contributed by atoms with Crippen molar-refractivity contribution in [1.29, 1.82) is 0 Å². The van der Waals surface area contributed by atoms with Gasteiger partial charge in [0.05, 0.1) is 43.7 Å². The highest BCUT2D eigenvalue weighted by Gasteiger charge is 2.30. The molecule has 16 aromatic carbocycles. The van der Waals surface area contributed by atoms with Gasteiger partial charge in [-0.15, -0.1) is 22.7 Å². The van der Waals surface area contributed by atoms with Crippen molar-refractivity contribution in [3.8, 4) is 39.6 Å². The number of rotatable bonds is 4. The lowest BCUT2D eigenvalue weighted by Crippen LogP contribution is -2.34. The largest absolute Gasteiger partial charge is 0.488 e. The van der Waals surface area contributed by atoms with Crippen LogP contribution < -0.4 is 5.46 Å². The molecule has 0 spiro atoms. The molecule has 0 fully saturated rings. The van der Waals surface area contributed by atoms with E-state index >= 15 is 0 Å². The predicted molar refractivity (Wildman–Crippen MR) is 508 cm³/mol. The van der Waals surface area contributed by atoms with Crippen LogP contribution in [0, 0.1) is 61.9 Å². The van der Waals surface area contributed by atoms with Crippen LogP contribution in [0.1, 0.15) is 85.9 Å². The minimum absolute atomic E-state index is 0.00510. The predicted octanol–water partition coefficient (Wildman–Crippen LogP) is 28.0. The number of fused-ring (bicyclic) bond motifs is 27. The molecule has 576 valence electrons. The zero-order valence-electron chi connectivity index (χ0n) is 81.8. The summed E-state index contributed by atoms with van der Waals surface area (Å²) in [5, 5.41) is 38.6. The molecule has 22 aromatic rings. The first-order valence-electron chi connectivity index (χ1n) is 47.2. The third-order valence-electron chi connectivity index (χ3n) is 22.0. The minimum Gasteiger partial charge on any atom is -0.423 e. The summed E-state index contributed by atoms with van der Waals surface area (Å²) in [6.45, 7) is -10.2. The van der Waals surface area contributed by atoms with Gasteiger partial charge in [0.2, 0.25) is 16.5 Å². The summed E-state index contributed by atoms with van der Waals surface area (Å²) in [7, 11) is -2.14. The highest BCUT2D eigenvalue weighted by Crippen LogP contribution is 2.54. The van der Waals surface area contributed by atoms with Crippen LogP contribution in [0.2, 0.25) is 15.7 Å². The second-order valence-corrected chi connectivity index (χ2v) is 32.6. The number of thiophene rings is 2. The number of benzene rings is 16. The number of para-hydroxylation sites is 3. The molecule has 1 aliphatic carbocycles. The van der Waals surface area contributed by atoms with Gasteiger partial charge >= 0.3 is 7.12 Å². The molecule has 0 saturated heterocycles. The molecular weight excluding hydrogens is 1560 g/mol. The average Bonchev–Trinajstić information content (AvgIpc) is 1.53. The van der Waals surface area contributed by atoms with Crippen LogP contribution in [-0.2, 0) is 6.42 Å². The highest BCUT2D eigenvalue weighted by molar-refractivity contribution is 7.27. The van der Waals surface area contributed by atoms with Gasteiger partial charge in [0, 0.05) is 105 Å². The van der Waals surface area contributed by atoms with Gasteiger partial charge in [-0.05, 0) is 221 Å². The van der Waals surface area contributed by atoms with Crippen LogP contribution in [0.15, 0.2) is 279 Å². The molecule has 0 amide bonds. The lowest BCUT2D eigenvalue weighted by Gasteiger charge is -2.16. The van der Waals surface area contributed by atoms with Gasteiger partial charge in [-0.1, -0.05) is 276 Å². The number of aromatic nitrogens is 7. The normalized spacial score (nSPS) is 14.6. The number of aryl methyl sites for hydroxylation is 9. The topological polar surface area (TPSA) is 123 Å². The fourth-order valence-electron chi connectivity index (χ4n) is 17.2. The molecular formula is C104H77BCl3N7O2S2. The van der Waals surface area contributed by atoms with E-state index in [0.29, 0.717) is 72.1 Å². The monoisotopic (exact) mass is 1650 g/mol. The van der Waals surface area contributed by atoms with Crippen molar-refractivity contribution in [3.05, 3.63) is 356 Å². The Kier molecular flexibility index (Phi) is 15.3. The lowest BCUT2D eigenvalue weighted by molar-refractivity contribution is 0.425. The average molecular weight is 1660 g/mol. The van der Waals surface area contributed by atoms with Crippen LogP contribution in [0.4, 0.5) is 0 Å². The summed E-state index contributed by atoms with van der Waals surface area (Å²) in [5.41, 5.74) is 11.5. The zero-order valence-corrected chi connectivity index (χ0v) is 67.7. The molecule has 0 bridgehead atoms. The molecule has 6 heterocycles. The summed E-state index contributed by atoms with van der Waals surface area (Å²) in [5.74, 6) is 0.402. The molecule has 15 heteroatoms. The fraction of sp³-hybridized carbons (Fsp3) is 0.0962. The van der Waals surface area contributed by atoms with Gasteiger partial charge in [-0.3, -0.25) is 4.57 Å². The second-order valence-electron chi connectivity index (χ2n) is 29.4. The Hall–Kier alpha value is -12.3. The SMILES string of the molecule is Clc1nc(Cl)c2ccccc2n1.[2H]C([2H])([2H])c1cc(C)c(-c2nc(-n3c4ccc5ccccc5c4c4c5ccccc5c5c6ccccc6sc5c43)nc3ccccc23)c(C([2H])([2H])[2H])c1.[2H]C([2H])([2H])c1cc(C)c(-c2nc(Cl)nc3ccccc23)c(C([2H])([2H])[2H])c1.[2H]C([2H])([2H])c1cc(C)cc(C([2H])([2H])[2H])c1B(O)O.c1ccc2c3c(ccc2c1)Cc1c-3c2ccccc2c2c1sc1ccccc12. The zero-order chi connectivity index (χ0) is 96.8. The summed E-state index contributed by atoms with van der Waals surface area (Å²) >= 11 is 21.2. The Morgan fingerprint density at radius 3 is 1.38 bits per heavy atom. The first kappa shape index (κ1) is 58.5. The van der Waals surface area contributed by atoms with E-state index in [1.807, 2.05) is 59.9 Å². The van der Waals surface area contributed by atoms with Crippen LogP contribution in [0.25, 0.3) is 178 Å². The smallest absolute Gasteiger partial charge is 0.423 e. The maximum Gasteiger partial charge on any atom is 0.488 e. The standard InChI is InChI=1S/C43H29N3S.C27H16S.C17H15ClN2.C9H13BO2.C8H4Cl2N2/c1-24-22-25(2)36(26(3)23-24)40-31-16-8-10-18-33(31)44-43(45-40)46-34-21-20-27-12-4-5-13-28(27)38(34)39-30-15-7-6-14-29(30)37-32-17-9-11-19-35(32)47-42(37)41(39)46;1-2-8-18-16(7-1)13-14-17-15-22-25(24(17)18)19-9-3-4-10-20(19)26-21-11-5-6-12-23(21)28-27(22)26;1-10-8-11(2)15(12(3)9-10)16-13-6-4-5-7-14(13)19-17(18)20-16;1-6-4-7(2)9(10(11)12)8(3)5-6;9-7-5-3-1-2-4-6(5)11-8(10)12-7/h4-23H,1-3H3;1-14H,15H2;4-9H,1-3H3;4-5,11-12H,1-3H3;1-4H/i1D3,2D3;;1D3,2D3;2D3,3D3;. The van der Waals surface area contributed by atoms with E-state index in [9.17, 15) is 10.0 Å². The van der Waals surface area contributed by atoms with Gasteiger partial charge < -0.3 is 10.0 Å². The Bertz CT molecular complexity index is 8680. The van der Waals surface area contributed by atoms with Crippen LogP contribution in [0.3, 0.4) is 0 Å². The van der Waals surface area contributed by atoms with Crippen molar-refractivity contribution < 1.29 is 34.7 Å². The van der Waals surface area contributed by atoms with Gasteiger partial charge in [0.25, 0.3) is 0 Å². The summed E-state index contributed by atoms with van der Waals surface area (Å²) in [6, 6.07) is 91.3. The Morgan fingerprint density at radius 2 is 0.790 bits per heavy atom. The van der Waals surface area contributed by atoms with E-state index in [4.69, 9.17) is 69.4 Å².